The first-order valence-corrected chi connectivity index (χ1v) is 7.18. The minimum absolute atomic E-state index is 0.112. The maximum Gasteiger partial charge on any atom is 0.217 e. The second-order valence-electron chi connectivity index (χ2n) is 5.46. The molecule has 0 spiro atoms. The van der Waals surface area contributed by atoms with Crippen molar-refractivity contribution >= 4 is 5.78 Å². The predicted octanol–water partition coefficient (Wildman–Crippen LogP) is 3.05. The number of nitrogens with zero attached hydrogens (tertiary/aromatic N) is 3. The van der Waals surface area contributed by atoms with E-state index in [2.05, 4.69) is 16.7 Å². The maximum atomic E-state index is 12.0. The second kappa shape index (κ2) is 5.19. The Hall–Kier alpha value is -1.97. The molecule has 1 saturated carbocycles. The predicted molar refractivity (Wildman–Crippen MR) is 77.5 cm³/mol. The van der Waals surface area contributed by atoms with Gasteiger partial charge in [0.1, 0.15) is 5.82 Å². The van der Waals surface area contributed by atoms with Gasteiger partial charge < -0.3 is 0 Å². The zero-order valence-corrected chi connectivity index (χ0v) is 11.7. The van der Waals surface area contributed by atoms with E-state index in [4.69, 9.17) is 0 Å². The number of Topliss-reactive ketones (excluding diaryl/α,β-unsaturated/α-hetero) is 1. The van der Waals surface area contributed by atoms with Crippen LogP contribution in [0, 0.1) is 5.92 Å². The van der Waals surface area contributed by atoms with Crippen LogP contribution < -0.4 is 0 Å². The third kappa shape index (κ3) is 2.38. The average molecular weight is 269 g/mol. The molecule has 104 valence electrons. The second-order valence-corrected chi connectivity index (χ2v) is 5.46. The molecule has 1 aromatic rings. The molecule has 2 heterocycles. The van der Waals surface area contributed by atoms with Gasteiger partial charge in [-0.15, -0.1) is 5.10 Å². The van der Waals surface area contributed by atoms with Crippen LogP contribution in [0.15, 0.2) is 36.5 Å². The molecule has 1 aromatic heterocycles. The molecule has 0 aromatic carbocycles. The quantitative estimate of drug-likeness (QED) is 0.609. The van der Waals surface area contributed by atoms with Crippen LogP contribution in [0.2, 0.25) is 0 Å². The lowest BCUT2D eigenvalue weighted by Gasteiger charge is -2.06. The fraction of sp³-hybridized carbons (Fsp3) is 0.438. The fourth-order valence-electron chi connectivity index (χ4n) is 2.55. The van der Waals surface area contributed by atoms with Gasteiger partial charge in [-0.3, -0.25) is 4.79 Å². The zero-order valence-electron chi connectivity index (χ0n) is 11.7. The molecule has 0 amide bonds. The van der Waals surface area contributed by atoms with Crippen LogP contribution in [0.25, 0.3) is 0 Å². The molecule has 4 heteroatoms. The minimum atomic E-state index is 0.112. The summed E-state index contributed by atoms with van der Waals surface area (Å²) in [5.74, 6) is 1.77. The number of hydrogen-bond acceptors (Lipinski definition) is 3. The highest BCUT2D eigenvalue weighted by molar-refractivity contribution is 5.95. The molecule has 1 aliphatic heterocycles. The van der Waals surface area contributed by atoms with Crippen LogP contribution in [-0.4, -0.2) is 20.5 Å². The van der Waals surface area contributed by atoms with Crippen molar-refractivity contribution in [2.24, 2.45) is 5.92 Å². The topological polar surface area (TPSA) is 47.8 Å². The molecular formula is C16H19N3O. The lowest BCUT2D eigenvalue weighted by Crippen LogP contribution is -2.06. The van der Waals surface area contributed by atoms with Gasteiger partial charge in [0.15, 0.2) is 0 Å². The molecule has 1 fully saturated rings. The van der Waals surface area contributed by atoms with Gasteiger partial charge in [-0.25, -0.2) is 9.67 Å². The van der Waals surface area contributed by atoms with E-state index < -0.39 is 0 Å². The monoisotopic (exact) mass is 269 g/mol. The number of rotatable bonds is 5. The summed E-state index contributed by atoms with van der Waals surface area (Å²) in [4.78, 5) is 16.5. The first kappa shape index (κ1) is 13.0. The van der Waals surface area contributed by atoms with Gasteiger partial charge in [-0.2, -0.15) is 0 Å². The van der Waals surface area contributed by atoms with E-state index in [0.717, 1.165) is 37.2 Å². The molecule has 0 bridgehead atoms. The third-order valence-electron chi connectivity index (χ3n) is 3.87. The third-order valence-corrected chi connectivity index (χ3v) is 3.87. The molecule has 0 unspecified atom stereocenters. The molecule has 1 aliphatic carbocycles. The number of fused-ring (bicyclic) bond motifs is 1. The van der Waals surface area contributed by atoms with E-state index in [9.17, 15) is 4.79 Å². The van der Waals surface area contributed by atoms with Crippen molar-refractivity contribution in [1.82, 2.24) is 14.8 Å². The van der Waals surface area contributed by atoms with Crippen molar-refractivity contribution in [3.05, 3.63) is 48.1 Å². The molecule has 4 nitrogen and oxygen atoms in total. The summed E-state index contributed by atoms with van der Waals surface area (Å²) in [5, 5.41) is 4.36. The Bertz CT molecular complexity index is 605. The van der Waals surface area contributed by atoms with Crippen molar-refractivity contribution < 1.29 is 4.79 Å². The minimum Gasteiger partial charge on any atom is -0.290 e. The maximum absolute atomic E-state index is 12.0. The zero-order chi connectivity index (χ0) is 14.1. The van der Waals surface area contributed by atoms with Gasteiger partial charge in [0.25, 0.3) is 0 Å². The number of carbonyl (C=O) groups excluding carboxylic acids is 1. The van der Waals surface area contributed by atoms with E-state index >= 15 is 0 Å². The number of aryl methyl sites for hydroxylation is 1. The number of ketones is 1. The number of hydrogen-bond donors (Lipinski definition) is 0. The summed E-state index contributed by atoms with van der Waals surface area (Å²) < 4.78 is 1.87. The van der Waals surface area contributed by atoms with Gasteiger partial charge in [0.05, 0.1) is 0 Å². The Morgan fingerprint density at radius 3 is 2.85 bits per heavy atom. The van der Waals surface area contributed by atoms with Crippen LogP contribution in [-0.2, 0) is 6.54 Å². The van der Waals surface area contributed by atoms with E-state index in [1.807, 2.05) is 35.9 Å². The first-order valence-electron chi connectivity index (χ1n) is 7.18. The van der Waals surface area contributed by atoms with Gasteiger partial charge in [0, 0.05) is 18.4 Å². The van der Waals surface area contributed by atoms with Crippen molar-refractivity contribution in [2.75, 3.05) is 0 Å². The SMILES string of the molecule is C=C(/C=C\C=C/C)[C@@H]1CCn2nc(C(=O)C3CC3)nc21. The van der Waals surface area contributed by atoms with Gasteiger partial charge >= 0.3 is 0 Å². The average Bonchev–Trinajstić information content (AvgIpc) is 3.08. The van der Waals surface area contributed by atoms with Crippen LogP contribution >= 0.6 is 0 Å². The Labute approximate surface area is 118 Å². The molecular weight excluding hydrogens is 250 g/mol. The smallest absolute Gasteiger partial charge is 0.217 e. The van der Waals surface area contributed by atoms with Crippen molar-refractivity contribution in [3.63, 3.8) is 0 Å². The number of carbonyl (C=O) groups is 1. The Morgan fingerprint density at radius 2 is 2.15 bits per heavy atom. The summed E-state index contributed by atoms with van der Waals surface area (Å²) in [6, 6.07) is 0. The Balaban J connectivity index is 1.78. The van der Waals surface area contributed by atoms with Crippen molar-refractivity contribution in [3.8, 4) is 0 Å². The molecule has 0 saturated heterocycles. The summed E-state index contributed by atoms with van der Waals surface area (Å²) in [6.45, 7) is 6.92. The van der Waals surface area contributed by atoms with Crippen molar-refractivity contribution in [1.29, 1.82) is 0 Å². The standard InChI is InChI=1S/C16H19N3O/c1-3-4-5-6-11(2)13-9-10-19-16(13)17-15(18-19)14(20)12-7-8-12/h3-6,12-13H,2,7-10H2,1H3/b4-3-,6-5-/t13-/m0/s1. The highest BCUT2D eigenvalue weighted by Crippen LogP contribution is 2.35. The first-order chi connectivity index (χ1) is 9.70. The Kier molecular flexibility index (Phi) is 3.38. The molecule has 2 aliphatic rings. The summed E-state index contributed by atoms with van der Waals surface area (Å²) >= 11 is 0. The van der Waals surface area contributed by atoms with Crippen LogP contribution in [0.4, 0.5) is 0 Å². The largest absolute Gasteiger partial charge is 0.290 e. The van der Waals surface area contributed by atoms with E-state index in [-0.39, 0.29) is 17.6 Å². The molecule has 1 atom stereocenters. The van der Waals surface area contributed by atoms with Gasteiger partial charge in [-0.1, -0.05) is 30.9 Å². The fourth-order valence-corrected chi connectivity index (χ4v) is 2.55. The Morgan fingerprint density at radius 1 is 1.35 bits per heavy atom. The van der Waals surface area contributed by atoms with E-state index in [0.29, 0.717) is 5.82 Å². The lowest BCUT2D eigenvalue weighted by atomic mass is 9.98. The van der Waals surface area contributed by atoms with Crippen molar-refractivity contribution in [2.45, 2.75) is 38.6 Å². The number of allylic oxidation sites excluding steroid dienone is 5. The van der Waals surface area contributed by atoms with Crippen LogP contribution in [0.5, 0.6) is 0 Å². The van der Waals surface area contributed by atoms with Gasteiger partial charge in [-0.05, 0) is 31.8 Å². The van der Waals surface area contributed by atoms with Gasteiger partial charge in [0.2, 0.25) is 11.6 Å². The van der Waals surface area contributed by atoms with Crippen LogP contribution in [0.1, 0.15) is 48.5 Å². The summed E-state index contributed by atoms with van der Waals surface area (Å²) in [5.41, 5.74) is 1.03. The highest BCUT2D eigenvalue weighted by Gasteiger charge is 2.35. The molecule has 3 rings (SSSR count). The number of aromatic nitrogens is 3. The highest BCUT2D eigenvalue weighted by atomic mass is 16.1. The molecule has 0 N–H and O–H groups in total. The van der Waals surface area contributed by atoms with Crippen LogP contribution in [0.3, 0.4) is 0 Å². The molecule has 20 heavy (non-hydrogen) atoms. The van der Waals surface area contributed by atoms with E-state index in [1.54, 1.807) is 0 Å². The summed E-state index contributed by atoms with van der Waals surface area (Å²) in [7, 11) is 0. The molecule has 0 radical (unpaired) electrons. The van der Waals surface area contributed by atoms with E-state index in [1.165, 1.54) is 0 Å². The lowest BCUT2D eigenvalue weighted by molar-refractivity contribution is 0.0957. The summed E-state index contributed by atoms with van der Waals surface area (Å²) in [6.07, 6.45) is 10.9. The normalized spacial score (nSPS) is 21.8.